The Morgan fingerprint density at radius 1 is 1.53 bits per heavy atom. The van der Waals surface area contributed by atoms with Gasteiger partial charge in [0.2, 0.25) is 0 Å². The Balaban J connectivity index is 2.72. The number of carbonyl (C=O) groups is 1. The molecule has 0 saturated heterocycles. The van der Waals surface area contributed by atoms with Crippen molar-refractivity contribution in [1.82, 2.24) is 0 Å². The van der Waals surface area contributed by atoms with Gasteiger partial charge in [-0.2, -0.15) is 12.6 Å². The van der Waals surface area contributed by atoms with Crippen molar-refractivity contribution in [3.63, 3.8) is 0 Å². The molecule has 1 amide bonds. The summed E-state index contributed by atoms with van der Waals surface area (Å²) in [7, 11) is 0. The third kappa shape index (κ3) is 3.47. The van der Waals surface area contributed by atoms with Crippen LogP contribution in [0.5, 0.6) is 0 Å². The number of ether oxygens (including phenoxy) is 1. The second-order valence-electron chi connectivity index (χ2n) is 3.39. The highest BCUT2D eigenvalue weighted by Crippen LogP contribution is 2.21. The van der Waals surface area contributed by atoms with Gasteiger partial charge in [-0.05, 0) is 11.1 Å². The highest BCUT2D eigenvalue weighted by atomic mass is 32.1. The highest BCUT2D eigenvalue weighted by molar-refractivity contribution is 7.79. The van der Waals surface area contributed by atoms with E-state index in [0.717, 1.165) is 11.1 Å². The maximum atomic E-state index is 10.5. The molecular weight excluding hydrogens is 210 g/mol. The van der Waals surface area contributed by atoms with Crippen molar-refractivity contribution < 1.29 is 9.53 Å². The normalized spacial score (nSPS) is 12.1. The van der Waals surface area contributed by atoms with E-state index in [0.29, 0.717) is 12.4 Å². The van der Waals surface area contributed by atoms with Crippen LogP contribution >= 0.6 is 12.6 Å². The van der Waals surface area contributed by atoms with E-state index in [-0.39, 0.29) is 5.92 Å². The molecule has 0 radical (unpaired) electrons. The zero-order chi connectivity index (χ0) is 11.3. The van der Waals surface area contributed by atoms with Gasteiger partial charge in [-0.15, -0.1) is 0 Å². The van der Waals surface area contributed by atoms with Crippen LogP contribution in [0.3, 0.4) is 0 Å². The van der Waals surface area contributed by atoms with Gasteiger partial charge >= 0.3 is 6.09 Å². The minimum absolute atomic E-state index is 0.140. The molecule has 1 rings (SSSR count). The van der Waals surface area contributed by atoms with Gasteiger partial charge in [-0.1, -0.05) is 31.2 Å². The fourth-order valence-electron chi connectivity index (χ4n) is 1.46. The lowest BCUT2D eigenvalue weighted by Crippen LogP contribution is -2.17. The lowest BCUT2D eigenvalue weighted by molar-refractivity contribution is 0.151. The number of thiol groups is 1. The highest BCUT2D eigenvalue weighted by Gasteiger charge is 2.10. The summed E-state index contributed by atoms with van der Waals surface area (Å²) < 4.78 is 4.77. The molecule has 0 fully saturated rings. The molecule has 0 saturated carbocycles. The first kappa shape index (κ1) is 11.9. The lowest BCUT2D eigenvalue weighted by Gasteiger charge is -2.14. The van der Waals surface area contributed by atoms with Crippen molar-refractivity contribution in [3.8, 4) is 0 Å². The molecule has 0 aliphatic carbocycles. The minimum Gasteiger partial charge on any atom is -0.449 e. The first-order chi connectivity index (χ1) is 7.15. The largest absolute Gasteiger partial charge is 0.449 e. The van der Waals surface area contributed by atoms with Crippen LogP contribution in [0.4, 0.5) is 4.79 Å². The van der Waals surface area contributed by atoms with Crippen LogP contribution in [0.1, 0.15) is 24.0 Å². The van der Waals surface area contributed by atoms with Gasteiger partial charge in [0.05, 0.1) is 6.61 Å². The van der Waals surface area contributed by atoms with E-state index < -0.39 is 6.09 Å². The number of nitrogens with two attached hydrogens (primary N) is 1. The predicted octanol–water partition coefficient (Wildman–Crippen LogP) is 2.32. The third-order valence-corrected chi connectivity index (χ3v) is 2.57. The maximum absolute atomic E-state index is 10.5. The van der Waals surface area contributed by atoms with Crippen LogP contribution in [0.15, 0.2) is 24.3 Å². The van der Waals surface area contributed by atoms with Crippen LogP contribution in [-0.2, 0) is 10.5 Å². The number of carbonyl (C=O) groups excluding carboxylic acids is 1. The summed E-state index contributed by atoms with van der Waals surface area (Å²) in [6.07, 6.45) is -0.731. The Labute approximate surface area is 95.0 Å². The van der Waals surface area contributed by atoms with Gasteiger partial charge < -0.3 is 10.5 Å². The van der Waals surface area contributed by atoms with E-state index in [9.17, 15) is 4.79 Å². The average molecular weight is 225 g/mol. The van der Waals surface area contributed by atoms with Crippen molar-refractivity contribution in [2.45, 2.75) is 18.6 Å². The Morgan fingerprint density at radius 2 is 2.20 bits per heavy atom. The van der Waals surface area contributed by atoms with Crippen molar-refractivity contribution >= 4 is 18.7 Å². The quantitative estimate of drug-likeness (QED) is 0.773. The van der Waals surface area contributed by atoms with Crippen LogP contribution in [0, 0.1) is 0 Å². The summed E-state index contributed by atoms with van der Waals surface area (Å²) in [6.45, 7) is 2.30. The van der Waals surface area contributed by atoms with E-state index in [1.165, 1.54) is 0 Å². The number of rotatable bonds is 4. The van der Waals surface area contributed by atoms with Crippen molar-refractivity contribution in [1.29, 1.82) is 0 Å². The number of hydrogen-bond acceptors (Lipinski definition) is 3. The van der Waals surface area contributed by atoms with Crippen molar-refractivity contribution in [2.75, 3.05) is 6.61 Å². The molecule has 3 nitrogen and oxygen atoms in total. The van der Waals surface area contributed by atoms with Crippen LogP contribution in [0.2, 0.25) is 0 Å². The zero-order valence-electron chi connectivity index (χ0n) is 8.64. The lowest BCUT2D eigenvalue weighted by atomic mass is 9.97. The van der Waals surface area contributed by atoms with Gasteiger partial charge in [0, 0.05) is 11.7 Å². The summed E-state index contributed by atoms with van der Waals surface area (Å²) in [4.78, 5) is 10.5. The molecular formula is C11H15NO2S. The maximum Gasteiger partial charge on any atom is 0.404 e. The molecule has 0 aliphatic rings. The molecule has 2 N–H and O–H groups in total. The molecule has 4 heteroatoms. The Morgan fingerprint density at radius 3 is 2.80 bits per heavy atom. The van der Waals surface area contributed by atoms with Gasteiger partial charge in [0.15, 0.2) is 0 Å². The van der Waals surface area contributed by atoms with E-state index in [2.05, 4.69) is 12.6 Å². The molecule has 1 aromatic rings. The third-order valence-electron chi connectivity index (χ3n) is 2.23. The summed E-state index contributed by atoms with van der Waals surface area (Å²) in [5, 5.41) is 0. The minimum atomic E-state index is -0.731. The second kappa shape index (κ2) is 5.66. The molecule has 1 unspecified atom stereocenters. The topological polar surface area (TPSA) is 52.3 Å². The number of primary amides is 1. The Hall–Kier alpha value is -1.16. The monoisotopic (exact) mass is 225 g/mol. The summed E-state index contributed by atoms with van der Waals surface area (Å²) >= 11 is 4.25. The van der Waals surface area contributed by atoms with E-state index >= 15 is 0 Å². The van der Waals surface area contributed by atoms with Gasteiger partial charge in [-0.3, -0.25) is 0 Å². The van der Waals surface area contributed by atoms with Gasteiger partial charge in [-0.25, -0.2) is 4.79 Å². The van der Waals surface area contributed by atoms with Crippen molar-refractivity contribution in [2.24, 2.45) is 5.73 Å². The molecule has 0 spiro atoms. The molecule has 15 heavy (non-hydrogen) atoms. The van der Waals surface area contributed by atoms with Crippen LogP contribution < -0.4 is 5.73 Å². The summed E-state index contributed by atoms with van der Waals surface area (Å²) in [6, 6.07) is 7.96. The number of benzene rings is 1. The average Bonchev–Trinajstić information content (AvgIpc) is 2.25. The Bertz CT molecular complexity index is 341. The van der Waals surface area contributed by atoms with Crippen LogP contribution in [0.25, 0.3) is 0 Å². The summed E-state index contributed by atoms with van der Waals surface area (Å²) in [5.74, 6) is 0.817. The number of amides is 1. The number of hydrogen-bond donors (Lipinski definition) is 2. The predicted molar refractivity (Wildman–Crippen MR) is 63.1 cm³/mol. The molecule has 1 atom stereocenters. The fourth-order valence-corrected chi connectivity index (χ4v) is 1.74. The van der Waals surface area contributed by atoms with E-state index in [1.807, 2.05) is 31.2 Å². The Kier molecular flexibility index (Phi) is 4.49. The van der Waals surface area contributed by atoms with Crippen molar-refractivity contribution in [3.05, 3.63) is 35.4 Å². The molecule has 0 bridgehead atoms. The molecule has 1 aromatic carbocycles. The SMILES string of the molecule is CC(COC(N)=O)c1ccccc1CS. The van der Waals surface area contributed by atoms with E-state index in [1.54, 1.807) is 0 Å². The second-order valence-corrected chi connectivity index (χ2v) is 3.70. The fraction of sp³-hybridized carbons (Fsp3) is 0.364. The molecule has 0 heterocycles. The first-order valence-electron chi connectivity index (χ1n) is 4.76. The van der Waals surface area contributed by atoms with Crippen LogP contribution in [-0.4, -0.2) is 12.7 Å². The zero-order valence-corrected chi connectivity index (χ0v) is 9.54. The van der Waals surface area contributed by atoms with Gasteiger partial charge in [0.1, 0.15) is 0 Å². The van der Waals surface area contributed by atoms with E-state index in [4.69, 9.17) is 10.5 Å². The first-order valence-corrected chi connectivity index (χ1v) is 5.39. The molecule has 82 valence electrons. The standard InChI is InChI=1S/C11H15NO2S/c1-8(6-14-11(12)13)10-5-3-2-4-9(10)7-15/h2-5,8,15H,6-7H2,1H3,(H2,12,13). The van der Waals surface area contributed by atoms with Gasteiger partial charge in [0.25, 0.3) is 0 Å². The summed E-state index contributed by atoms with van der Waals surface area (Å²) in [5.41, 5.74) is 7.21. The smallest absolute Gasteiger partial charge is 0.404 e. The molecule has 0 aliphatic heterocycles. The molecule has 0 aromatic heterocycles.